The Balaban J connectivity index is 1.69. The number of aryl methyl sites for hydroxylation is 2. The quantitative estimate of drug-likeness (QED) is 0.606. The number of nitrogens with zero attached hydrogens (tertiary/aromatic N) is 2. The van der Waals surface area contributed by atoms with Crippen LogP contribution in [0.3, 0.4) is 0 Å². The van der Waals surface area contributed by atoms with Crippen LogP contribution in [0.1, 0.15) is 47.5 Å². The van der Waals surface area contributed by atoms with Crippen LogP contribution in [0.4, 0.5) is 0 Å². The molecule has 0 aliphatic carbocycles. The van der Waals surface area contributed by atoms with E-state index >= 15 is 0 Å². The van der Waals surface area contributed by atoms with Crippen LogP contribution in [0.25, 0.3) is 10.2 Å². The lowest BCUT2D eigenvalue weighted by atomic mass is 9.95. The van der Waals surface area contributed by atoms with E-state index in [-0.39, 0.29) is 11.3 Å². The minimum Gasteiger partial charge on any atom is -0.497 e. The molecule has 0 saturated carbocycles. The average Bonchev–Trinajstić information content (AvgIpc) is 3.02. The third-order valence-corrected chi connectivity index (χ3v) is 5.73. The standard InChI is InChI=1S/C22H27N3O3S/c1-13-17-14(2)24-21(22(3,4)5)25-20(17)29-18(13)19(26)23-10-11-28-16-9-7-8-15(12-16)27-6/h7-9,12H,10-11H2,1-6H3,(H,23,26). The van der Waals surface area contributed by atoms with Crippen LogP contribution in [-0.2, 0) is 5.41 Å². The second-order valence-corrected chi connectivity index (χ2v) is 8.90. The molecule has 0 fully saturated rings. The van der Waals surface area contributed by atoms with Gasteiger partial charge in [0, 0.05) is 16.9 Å². The summed E-state index contributed by atoms with van der Waals surface area (Å²) in [6.45, 7) is 11.0. The Morgan fingerprint density at radius 1 is 1.17 bits per heavy atom. The molecule has 7 heteroatoms. The Labute approximate surface area is 175 Å². The van der Waals surface area contributed by atoms with Gasteiger partial charge in [-0.3, -0.25) is 4.79 Å². The largest absolute Gasteiger partial charge is 0.497 e. The Kier molecular flexibility index (Phi) is 6.07. The first-order valence-corrected chi connectivity index (χ1v) is 10.4. The van der Waals surface area contributed by atoms with Gasteiger partial charge in [0.05, 0.1) is 24.2 Å². The molecule has 0 bridgehead atoms. The zero-order chi connectivity index (χ0) is 21.2. The normalized spacial score (nSPS) is 11.5. The second kappa shape index (κ2) is 8.37. The number of carbonyl (C=O) groups is 1. The maximum Gasteiger partial charge on any atom is 0.261 e. The number of benzene rings is 1. The van der Waals surface area contributed by atoms with E-state index in [2.05, 4.69) is 31.1 Å². The summed E-state index contributed by atoms with van der Waals surface area (Å²) >= 11 is 1.42. The van der Waals surface area contributed by atoms with Crippen LogP contribution in [0.15, 0.2) is 24.3 Å². The summed E-state index contributed by atoms with van der Waals surface area (Å²) < 4.78 is 10.9. The third kappa shape index (κ3) is 4.67. The van der Waals surface area contributed by atoms with Gasteiger partial charge in [-0.1, -0.05) is 26.8 Å². The van der Waals surface area contributed by atoms with Gasteiger partial charge in [-0.15, -0.1) is 11.3 Å². The van der Waals surface area contributed by atoms with Gasteiger partial charge >= 0.3 is 0 Å². The second-order valence-electron chi connectivity index (χ2n) is 7.90. The smallest absolute Gasteiger partial charge is 0.261 e. The Morgan fingerprint density at radius 2 is 1.90 bits per heavy atom. The summed E-state index contributed by atoms with van der Waals surface area (Å²) in [4.78, 5) is 23.6. The molecule has 1 N–H and O–H groups in total. The molecule has 2 heterocycles. The van der Waals surface area contributed by atoms with Crippen molar-refractivity contribution in [3.8, 4) is 11.5 Å². The molecule has 0 saturated heterocycles. The number of rotatable bonds is 6. The Morgan fingerprint density at radius 3 is 2.59 bits per heavy atom. The minimum absolute atomic E-state index is 0.114. The summed E-state index contributed by atoms with van der Waals surface area (Å²) in [5.41, 5.74) is 1.69. The molecule has 0 radical (unpaired) electrons. The average molecular weight is 414 g/mol. The maximum absolute atomic E-state index is 12.7. The number of nitrogens with one attached hydrogen (secondary N) is 1. The molecule has 0 atom stereocenters. The van der Waals surface area contributed by atoms with Gasteiger partial charge in [-0.25, -0.2) is 9.97 Å². The van der Waals surface area contributed by atoms with E-state index in [4.69, 9.17) is 14.5 Å². The van der Waals surface area contributed by atoms with Gasteiger partial charge in [-0.05, 0) is 31.5 Å². The lowest BCUT2D eigenvalue weighted by Gasteiger charge is -2.16. The van der Waals surface area contributed by atoms with Crippen LogP contribution in [-0.4, -0.2) is 36.1 Å². The fourth-order valence-electron chi connectivity index (χ4n) is 3.00. The van der Waals surface area contributed by atoms with Gasteiger partial charge in [0.15, 0.2) is 0 Å². The molecule has 0 aliphatic heterocycles. The number of hydrogen-bond acceptors (Lipinski definition) is 6. The fourth-order valence-corrected chi connectivity index (χ4v) is 4.14. The minimum atomic E-state index is -0.142. The van der Waals surface area contributed by atoms with Crippen molar-refractivity contribution < 1.29 is 14.3 Å². The van der Waals surface area contributed by atoms with E-state index in [1.165, 1.54) is 11.3 Å². The van der Waals surface area contributed by atoms with Gasteiger partial charge < -0.3 is 14.8 Å². The monoisotopic (exact) mass is 413 g/mol. The predicted octanol–water partition coefficient (Wildman–Crippen LogP) is 4.42. The number of carbonyl (C=O) groups excluding carboxylic acids is 1. The molecular formula is C22H27N3O3S. The summed E-state index contributed by atoms with van der Waals surface area (Å²) in [7, 11) is 1.61. The van der Waals surface area contributed by atoms with Crippen molar-refractivity contribution in [2.75, 3.05) is 20.3 Å². The van der Waals surface area contributed by atoms with Crippen molar-refractivity contribution in [2.45, 2.75) is 40.0 Å². The number of ether oxygens (including phenoxy) is 2. The molecule has 0 spiro atoms. The highest BCUT2D eigenvalue weighted by Gasteiger charge is 2.23. The van der Waals surface area contributed by atoms with Crippen LogP contribution < -0.4 is 14.8 Å². The van der Waals surface area contributed by atoms with Crippen LogP contribution in [0.5, 0.6) is 11.5 Å². The third-order valence-electron chi connectivity index (χ3n) is 4.55. The highest BCUT2D eigenvalue weighted by Crippen LogP contribution is 2.33. The van der Waals surface area contributed by atoms with Gasteiger partial charge in [-0.2, -0.15) is 0 Å². The summed E-state index contributed by atoms with van der Waals surface area (Å²) in [5, 5.41) is 3.90. The molecule has 0 unspecified atom stereocenters. The first-order valence-electron chi connectivity index (χ1n) is 9.54. The highest BCUT2D eigenvalue weighted by molar-refractivity contribution is 7.20. The number of fused-ring (bicyclic) bond motifs is 1. The van der Waals surface area contributed by atoms with E-state index < -0.39 is 0 Å². The van der Waals surface area contributed by atoms with E-state index in [1.54, 1.807) is 7.11 Å². The van der Waals surface area contributed by atoms with Crippen LogP contribution in [0, 0.1) is 13.8 Å². The van der Waals surface area contributed by atoms with E-state index in [0.717, 1.165) is 33.0 Å². The molecule has 0 aliphatic rings. The number of amides is 1. The molecule has 2 aromatic heterocycles. The number of thiophene rings is 1. The van der Waals surface area contributed by atoms with Crippen LogP contribution in [0.2, 0.25) is 0 Å². The maximum atomic E-state index is 12.7. The van der Waals surface area contributed by atoms with Crippen molar-refractivity contribution in [3.63, 3.8) is 0 Å². The topological polar surface area (TPSA) is 73.3 Å². The predicted molar refractivity (Wildman–Crippen MR) is 116 cm³/mol. The highest BCUT2D eigenvalue weighted by atomic mass is 32.1. The molecule has 6 nitrogen and oxygen atoms in total. The van der Waals surface area contributed by atoms with Crippen molar-refractivity contribution in [2.24, 2.45) is 0 Å². The van der Waals surface area contributed by atoms with Gasteiger partial charge in [0.1, 0.15) is 28.8 Å². The van der Waals surface area contributed by atoms with Crippen molar-refractivity contribution in [1.29, 1.82) is 0 Å². The summed E-state index contributed by atoms with van der Waals surface area (Å²) in [6, 6.07) is 7.39. The lowest BCUT2D eigenvalue weighted by Crippen LogP contribution is -2.27. The SMILES string of the molecule is COc1cccc(OCCNC(=O)c2sc3nc(C(C)(C)C)nc(C)c3c2C)c1. The molecule has 1 amide bonds. The first kappa shape index (κ1) is 21.0. The molecule has 29 heavy (non-hydrogen) atoms. The molecule has 3 aromatic rings. The Hall–Kier alpha value is -2.67. The first-order chi connectivity index (χ1) is 13.7. The van der Waals surface area contributed by atoms with Crippen molar-refractivity contribution in [1.82, 2.24) is 15.3 Å². The Bertz CT molecular complexity index is 1040. The molecule has 154 valence electrons. The molecule has 1 aromatic carbocycles. The van der Waals surface area contributed by atoms with E-state index in [0.29, 0.717) is 23.8 Å². The fraction of sp³-hybridized carbons (Fsp3) is 0.409. The molecule has 3 rings (SSSR count). The van der Waals surface area contributed by atoms with Crippen molar-refractivity contribution in [3.05, 3.63) is 46.2 Å². The van der Waals surface area contributed by atoms with Crippen molar-refractivity contribution >= 4 is 27.5 Å². The summed E-state index contributed by atoms with van der Waals surface area (Å²) in [6.07, 6.45) is 0. The number of hydrogen-bond donors (Lipinski definition) is 1. The molecular weight excluding hydrogens is 386 g/mol. The lowest BCUT2D eigenvalue weighted by molar-refractivity contribution is 0.0950. The number of methoxy groups -OCH3 is 1. The van der Waals surface area contributed by atoms with Crippen LogP contribution >= 0.6 is 11.3 Å². The van der Waals surface area contributed by atoms with E-state index in [1.807, 2.05) is 38.1 Å². The van der Waals surface area contributed by atoms with E-state index in [9.17, 15) is 4.79 Å². The van der Waals surface area contributed by atoms with Gasteiger partial charge in [0.2, 0.25) is 0 Å². The zero-order valence-electron chi connectivity index (χ0n) is 17.8. The zero-order valence-corrected chi connectivity index (χ0v) is 18.6. The summed E-state index contributed by atoms with van der Waals surface area (Å²) in [5.74, 6) is 2.12. The number of aromatic nitrogens is 2. The van der Waals surface area contributed by atoms with Gasteiger partial charge in [0.25, 0.3) is 5.91 Å².